The molecule has 0 spiro atoms. The maximum atomic E-state index is 11.7. The van der Waals surface area contributed by atoms with E-state index >= 15 is 0 Å². The van der Waals surface area contributed by atoms with Crippen LogP contribution in [0.4, 0.5) is 5.69 Å². The summed E-state index contributed by atoms with van der Waals surface area (Å²) in [5.74, 6) is 2.01. The molecule has 0 fully saturated rings. The lowest BCUT2D eigenvalue weighted by Gasteiger charge is -2.30. The molecule has 0 amide bonds. The van der Waals surface area contributed by atoms with Gasteiger partial charge in [0, 0.05) is 32.2 Å². The first-order valence-corrected chi connectivity index (χ1v) is 10.9. The Morgan fingerprint density at radius 2 is 1.78 bits per heavy atom. The van der Waals surface area contributed by atoms with Gasteiger partial charge in [-0.25, -0.2) is 0 Å². The van der Waals surface area contributed by atoms with Crippen molar-refractivity contribution in [3.05, 3.63) is 47.0 Å². The fourth-order valence-corrected chi connectivity index (χ4v) is 4.12. The van der Waals surface area contributed by atoms with Crippen molar-refractivity contribution in [2.75, 3.05) is 45.8 Å². The number of benzene rings is 2. The lowest BCUT2D eigenvalue weighted by atomic mass is 9.98. The van der Waals surface area contributed by atoms with Crippen molar-refractivity contribution in [1.29, 1.82) is 0 Å². The second kappa shape index (κ2) is 11.0. The first-order valence-electron chi connectivity index (χ1n) is 10.9. The maximum absolute atomic E-state index is 11.7. The summed E-state index contributed by atoms with van der Waals surface area (Å²) in [6.07, 6.45) is 3.03. The molecule has 0 saturated heterocycles. The summed E-state index contributed by atoms with van der Waals surface area (Å²) in [4.78, 5) is 27.1. The molecule has 2 aromatic carbocycles. The van der Waals surface area contributed by atoms with Crippen molar-refractivity contribution < 1.29 is 23.8 Å². The van der Waals surface area contributed by atoms with E-state index in [-0.39, 0.29) is 5.78 Å². The van der Waals surface area contributed by atoms with Gasteiger partial charge < -0.3 is 19.1 Å². The molecule has 0 unspecified atom stereocenters. The van der Waals surface area contributed by atoms with Crippen molar-refractivity contribution in [3.8, 4) is 17.2 Å². The van der Waals surface area contributed by atoms with E-state index in [1.807, 2.05) is 11.9 Å². The van der Waals surface area contributed by atoms with E-state index in [1.165, 1.54) is 18.1 Å². The number of unbranched alkanes of at least 4 members (excludes halogenated alkanes) is 1. The van der Waals surface area contributed by atoms with E-state index in [1.54, 1.807) is 32.4 Å². The fraction of sp³-hybridized carbons (Fsp3) is 0.440. The minimum Gasteiger partial charge on any atom is -0.493 e. The van der Waals surface area contributed by atoms with Crippen LogP contribution in [0.2, 0.25) is 0 Å². The van der Waals surface area contributed by atoms with Gasteiger partial charge >= 0.3 is 0 Å². The highest BCUT2D eigenvalue weighted by atomic mass is 16.5. The monoisotopic (exact) mass is 440 g/mol. The summed E-state index contributed by atoms with van der Waals surface area (Å²) < 4.78 is 16.0. The molecule has 172 valence electrons. The predicted molar refractivity (Wildman–Crippen MR) is 124 cm³/mol. The molecule has 1 aliphatic rings. The third kappa shape index (κ3) is 5.59. The highest BCUT2D eigenvalue weighted by Gasteiger charge is 2.19. The minimum absolute atomic E-state index is 0.0167. The van der Waals surface area contributed by atoms with E-state index in [4.69, 9.17) is 14.2 Å². The zero-order valence-electron chi connectivity index (χ0n) is 19.3. The molecule has 7 nitrogen and oxygen atoms in total. The number of carbonyl (C=O) groups is 2. The van der Waals surface area contributed by atoms with Gasteiger partial charge in [-0.15, -0.1) is 0 Å². The van der Waals surface area contributed by atoms with Gasteiger partial charge in [-0.05, 0) is 74.2 Å². The molecule has 0 radical (unpaired) electrons. The number of hydrogen-bond donors (Lipinski definition) is 0. The fourth-order valence-electron chi connectivity index (χ4n) is 4.12. The molecular weight excluding hydrogens is 408 g/mol. The number of methoxy groups -OCH3 is 2. The van der Waals surface area contributed by atoms with Gasteiger partial charge in [-0.2, -0.15) is 0 Å². The van der Waals surface area contributed by atoms with Crippen molar-refractivity contribution in [2.24, 2.45) is 0 Å². The molecule has 7 heteroatoms. The lowest BCUT2D eigenvalue weighted by Crippen LogP contribution is -2.32. The van der Waals surface area contributed by atoms with Crippen LogP contribution in [0.3, 0.4) is 0 Å². The van der Waals surface area contributed by atoms with E-state index in [9.17, 15) is 9.59 Å². The number of rotatable bonds is 11. The third-order valence-electron chi connectivity index (χ3n) is 5.97. The molecule has 0 aromatic heterocycles. The lowest BCUT2D eigenvalue weighted by molar-refractivity contribution is -0.120. The summed E-state index contributed by atoms with van der Waals surface area (Å²) in [5, 5.41) is 0. The molecule has 1 aliphatic heterocycles. The highest BCUT2D eigenvalue weighted by molar-refractivity contribution is 5.95. The Bertz CT molecular complexity index is 960. The Morgan fingerprint density at radius 3 is 2.44 bits per heavy atom. The first kappa shape index (κ1) is 23.6. The quantitative estimate of drug-likeness (QED) is 0.300. The number of nitrogens with zero attached hydrogens (tertiary/aromatic N) is 2. The molecule has 0 aliphatic carbocycles. The minimum atomic E-state index is -0.0167. The SMILES string of the molecule is COc1cc2c(cc1OC)CN(CCCCN(C)c1cc(C(C)=O)ccc1OC=O)CC2. The molecule has 3 rings (SSSR count). The van der Waals surface area contributed by atoms with Gasteiger partial charge in [-0.3, -0.25) is 14.5 Å². The Balaban J connectivity index is 1.54. The summed E-state index contributed by atoms with van der Waals surface area (Å²) in [6.45, 7) is 5.68. The molecule has 0 saturated carbocycles. The van der Waals surface area contributed by atoms with Gasteiger partial charge in [0.05, 0.1) is 19.9 Å². The van der Waals surface area contributed by atoms with Crippen molar-refractivity contribution in [2.45, 2.75) is 32.7 Å². The van der Waals surface area contributed by atoms with Crippen LogP contribution < -0.4 is 19.1 Å². The van der Waals surface area contributed by atoms with Crippen LogP contribution in [0.15, 0.2) is 30.3 Å². The largest absolute Gasteiger partial charge is 0.493 e. The number of carbonyl (C=O) groups excluding carboxylic acids is 2. The van der Waals surface area contributed by atoms with E-state index < -0.39 is 0 Å². The smallest absolute Gasteiger partial charge is 0.298 e. The molecule has 2 aromatic rings. The van der Waals surface area contributed by atoms with Crippen molar-refractivity contribution >= 4 is 17.9 Å². The highest BCUT2D eigenvalue weighted by Crippen LogP contribution is 2.33. The van der Waals surface area contributed by atoms with Crippen LogP contribution in [0.1, 0.15) is 41.3 Å². The number of fused-ring (bicyclic) bond motifs is 1. The Labute approximate surface area is 189 Å². The van der Waals surface area contributed by atoms with Crippen LogP contribution in [0.25, 0.3) is 0 Å². The van der Waals surface area contributed by atoms with E-state index in [2.05, 4.69) is 17.0 Å². The van der Waals surface area contributed by atoms with Crippen molar-refractivity contribution in [1.82, 2.24) is 4.90 Å². The third-order valence-corrected chi connectivity index (χ3v) is 5.97. The maximum Gasteiger partial charge on any atom is 0.298 e. The predicted octanol–water partition coefficient (Wildman–Crippen LogP) is 3.72. The number of ether oxygens (including phenoxy) is 3. The number of hydrogen-bond acceptors (Lipinski definition) is 7. The van der Waals surface area contributed by atoms with Crippen LogP contribution in [0.5, 0.6) is 17.2 Å². The molecule has 32 heavy (non-hydrogen) atoms. The van der Waals surface area contributed by atoms with Gasteiger partial charge in [-0.1, -0.05) is 0 Å². The summed E-state index contributed by atoms with van der Waals surface area (Å²) in [6, 6.07) is 9.31. The molecular formula is C25H32N2O5. The Hall–Kier alpha value is -3.06. The molecule has 1 heterocycles. The first-order chi connectivity index (χ1) is 15.5. The summed E-state index contributed by atoms with van der Waals surface area (Å²) in [7, 11) is 5.29. The second-order valence-corrected chi connectivity index (χ2v) is 8.08. The van der Waals surface area contributed by atoms with Gasteiger partial charge in [0.25, 0.3) is 6.47 Å². The molecule has 0 bridgehead atoms. The Morgan fingerprint density at radius 1 is 1.06 bits per heavy atom. The zero-order chi connectivity index (χ0) is 23.1. The number of ketones is 1. The average molecular weight is 441 g/mol. The normalized spacial score (nSPS) is 13.2. The number of Topliss-reactive ketones (excluding diaryl/α,β-unsaturated/α-hetero) is 1. The van der Waals surface area contributed by atoms with Crippen molar-refractivity contribution in [3.63, 3.8) is 0 Å². The van der Waals surface area contributed by atoms with Crippen LogP contribution >= 0.6 is 0 Å². The van der Waals surface area contributed by atoms with E-state index in [0.717, 1.165) is 62.6 Å². The van der Waals surface area contributed by atoms with Crippen LogP contribution in [-0.4, -0.2) is 58.1 Å². The van der Waals surface area contributed by atoms with Crippen LogP contribution in [0, 0.1) is 0 Å². The van der Waals surface area contributed by atoms with Crippen LogP contribution in [-0.2, 0) is 17.8 Å². The molecule has 0 N–H and O–H groups in total. The van der Waals surface area contributed by atoms with E-state index in [0.29, 0.717) is 17.8 Å². The summed E-state index contributed by atoms with van der Waals surface area (Å²) in [5.41, 5.74) is 3.97. The van der Waals surface area contributed by atoms with Gasteiger partial charge in [0.15, 0.2) is 23.0 Å². The zero-order valence-corrected chi connectivity index (χ0v) is 19.3. The average Bonchev–Trinajstić information content (AvgIpc) is 2.80. The Kier molecular flexibility index (Phi) is 8.11. The molecule has 0 atom stereocenters. The number of anilines is 1. The van der Waals surface area contributed by atoms with Gasteiger partial charge in [0.2, 0.25) is 0 Å². The standard InChI is InChI=1S/C25H32N2O5/c1-18(29)19-7-8-23(32-17-28)22(13-19)26(2)10-5-6-11-27-12-9-20-14-24(30-3)25(31-4)15-21(20)16-27/h7-8,13-15,17H,5-6,9-12,16H2,1-4H3. The van der Waals surface area contributed by atoms with Gasteiger partial charge in [0.1, 0.15) is 0 Å². The second-order valence-electron chi connectivity index (χ2n) is 8.08. The summed E-state index contributed by atoms with van der Waals surface area (Å²) >= 11 is 0. The topological polar surface area (TPSA) is 68.3 Å².